The zero-order valence-corrected chi connectivity index (χ0v) is 12.4. The average molecular weight is 296 g/mol. The highest BCUT2D eigenvalue weighted by Gasteiger charge is 2.02. The van der Waals surface area contributed by atoms with E-state index in [4.69, 9.17) is 9.47 Å². The Bertz CT molecular complexity index is 682. The molecule has 0 radical (unpaired) electrons. The number of methoxy groups -OCH3 is 1. The maximum absolute atomic E-state index is 12.0. The van der Waals surface area contributed by atoms with Crippen LogP contribution in [0.15, 0.2) is 54.6 Å². The zero-order chi connectivity index (χ0) is 15.9. The first-order valence-corrected chi connectivity index (χ1v) is 6.73. The molecule has 0 aliphatic heterocycles. The van der Waals surface area contributed by atoms with Crippen molar-refractivity contribution in [1.29, 1.82) is 0 Å². The Balaban J connectivity index is 2.03. The van der Waals surface area contributed by atoms with Crippen LogP contribution in [0.5, 0.6) is 11.5 Å². The second-order valence-electron chi connectivity index (χ2n) is 4.59. The van der Waals surface area contributed by atoms with E-state index in [2.05, 4.69) is 0 Å². The molecule has 2 aromatic carbocycles. The minimum absolute atomic E-state index is 0.0910. The number of hydrogen-bond donors (Lipinski definition) is 0. The Morgan fingerprint density at radius 1 is 0.909 bits per heavy atom. The summed E-state index contributed by atoms with van der Waals surface area (Å²) in [7, 11) is 1.58. The topological polar surface area (TPSA) is 52.6 Å². The molecule has 0 N–H and O–H groups in total. The maximum Gasteiger partial charge on any atom is 0.308 e. The van der Waals surface area contributed by atoms with Crippen molar-refractivity contribution in [3.63, 3.8) is 0 Å². The predicted octanol–water partition coefficient (Wildman–Crippen LogP) is 3.52. The molecule has 0 heterocycles. The second kappa shape index (κ2) is 7.22. The molecule has 0 amide bonds. The van der Waals surface area contributed by atoms with Crippen molar-refractivity contribution in [2.24, 2.45) is 0 Å². The van der Waals surface area contributed by atoms with Crippen molar-refractivity contribution in [3.8, 4) is 11.5 Å². The summed E-state index contributed by atoms with van der Waals surface area (Å²) in [5, 5.41) is 0. The highest BCUT2D eigenvalue weighted by Crippen LogP contribution is 2.15. The fourth-order valence-electron chi connectivity index (χ4n) is 1.84. The van der Waals surface area contributed by atoms with Gasteiger partial charge in [0.15, 0.2) is 5.78 Å². The van der Waals surface area contributed by atoms with E-state index in [0.29, 0.717) is 17.1 Å². The summed E-state index contributed by atoms with van der Waals surface area (Å²) in [4.78, 5) is 22.9. The molecule has 0 bridgehead atoms. The molecule has 0 aromatic heterocycles. The average Bonchev–Trinajstić information content (AvgIpc) is 2.53. The molecule has 0 saturated carbocycles. The van der Waals surface area contributed by atoms with Crippen LogP contribution in [0.25, 0.3) is 6.08 Å². The lowest BCUT2D eigenvalue weighted by atomic mass is 10.1. The highest BCUT2D eigenvalue weighted by atomic mass is 16.5. The Labute approximate surface area is 129 Å². The van der Waals surface area contributed by atoms with Gasteiger partial charge in [-0.25, -0.2) is 0 Å². The van der Waals surface area contributed by atoms with Gasteiger partial charge in [-0.2, -0.15) is 0 Å². The molecule has 0 aliphatic carbocycles. The van der Waals surface area contributed by atoms with Gasteiger partial charge in [0.25, 0.3) is 0 Å². The molecule has 4 nitrogen and oxygen atoms in total. The number of hydrogen-bond acceptors (Lipinski definition) is 4. The van der Waals surface area contributed by atoms with Gasteiger partial charge in [0.1, 0.15) is 11.5 Å². The number of esters is 1. The lowest BCUT2D eigenvalue weighted by molar-refractivity contribution is -0.131. The number of ether oxygens (including phenoxy) is 2. The summed E-state index contributed by atoms with van der Waals surface area (Å²) < 4.78 is 10.00. The molecule has 2 rings (SSSR count). The Kier molecular flexibility index (Phi) is 5.09. The van der Waals surface area contributed by atoms with Crippen molar-refractivity contribution in [2.75, 3.05) is 7.11 Å². The van der Waals surface area contributed by atoms with Gasteiger partial charge in [-0.1, -0.05) is 18.2 Å². The van der Waals surface area contributed by atoms with Crippen molar-refractivity contribution in [1.82, 2.24) is 0 Å². The minimum Gasteiger partial charge on any atom is -0.497 e. The molecule has 112 valence electrons. The van der Waals surface area contributed by atoms with Crippen LogP contribution in [-0.4, -0.2) is 18.9 Å². The molecule has 0 saturated heterocycles. The highest BCUT2D eigenvalue weighted by molar-refractivity contribution is 6.06. The fourth-order valence-corrected chi connectivity index (χ4v) is 1.84. The van der Waals surface area contributed by atoms with E-state index >= 15 is 0 Å². The number of carbonyl (C=O) groups is 2. The molecule has 0 fully saturated rings. The predicted molar refractivity (Wildman–Crippen MR) is 84.1 cm³/mol. The van der Waals surface area contributed by atoms with Crippen LogP contribution in [0.1, 0.15) is 22.8 Å². The molecular formula is C18H16O4. The van der Waals surface area contributed by atoms with Gasteiger partial charge in [-0.05, 0) is 48.0 Å². The van der Waals surface area contributed by atoms with Crippen molar-refractivity contribution in [3.05, 3.63) is 65.7 Å². The monoisotopic (exact) mass is 296 g/mol. The van der Waals surface area contributed by atoms with Crippen LogP contribution in [0, 0.1) is 0 Å². The third-order valence-corrected chi connectivity index (χ3v) is 2.94. The van der Waals surface area contributed by atoms with E-state index in [0.717, 1.165) is 5.56 Å². The van der Waals surface area contributed by atoms with Crippen LogP contribution in [0.3, 0.4) is 0 Å². The fraction of sp³-hybridized carbons (Fsp3) is 0.111. The van der Waals surface area contributed by atoms with Gasteiger partial charge in [0.05, 0.1) is 7.11 Å². The SMILES string of the molecule is COc1ccc(C(=O)C=Cc2ccc(OC(C)=O)cc2)cc1. The number of rotatable bonds is 5. The smallest absolute Gasteiger partial charge is 0.308 e. The van der Waals surface area contributed by atoms with Gasteiger partial charge in [0, 0.05) is 12.5 Å². The normalized spacial score (nSPS) is 10.5. The third-order valence-electron chi connectivity index (χ3n) is 2.94. The summed E-state index contributed by atoms with van der Waals surface area (Å²) in [6.07, 6.45) is 3.22. The van der Waals surface area contributed by atoms with E-state index in [1.165, 1.54) is 13.0 Å². The van der Waals surface area contributed by atoms with E-state index in [1.807, 2.05) is 0 Å². The van der Waals surface area contributed by atoms with E-state index < -0.39 is 0 Å². The Hall–Kier alpha value is -2.88. The minimum atomic E-state index is -0.363. The first kappa shape index (κ1) is 15.5. The van der Waals surface area contributed by atoms with Crippen LogP contribution >= 0.6 is 0 Å². The number of benzene rings is 2. The molecule has 4 heteroatoms. The maximum atomic E-state index is 12.0. The molecule has 0 spiro atoms. The molecule has 22 heavy (non-hydrogen) atoms. The van der Waals surface area contributed by atoms with Gasteiger partial charge >= 0.3 is 5.97 Å². The van der Waals surface area contributed by atoms with E-state index in [1.54, 1.807) is 61.7 Å². The van der Waals surface area contributed by atoms with Gasteiger partial charge in [0.2, 0.25) is 0 Å². The first-order valence-electron chi connectivity index (χ1n) is 6.73. The summed E-state index contributed by atoms with van der Waals surface area (Å²) in [6, 6.07) is 13.8. The van der Waals surface area contributed by atoms with Gasteiger partial charge in [-0.3, -0.25) is 9.59 Å². The molecule has 2 aromatic rings. The number of allylic oxidation sites excluding steroid dienone is 1. The van der Waals surface area contributed by atoms with Crippen LogP contribution < -0.4 is 9.47 Å². The summed E-state index contributed by atoms with van der Waals surface area (Å²) in [5.41, 5.74) is 1.44. The second-order valence-corrected chi connectivity index (χ2v) is 4.59. The van der Waals surface area contributed by atoms with Crippen LogP contribution in [0.4, 0.5) is 0 Å². The van der Waals surface area contributed by atoms with E-state index in [9.17, 15) is 9.59 Å². The van der Waals surface area contributed by atoms with Crippen LogP contribution in [-0.2, 0) is 4.79 Å². The Morgan fingerprint density at radius 3 is 2.05 bits per heavy atom. The standard InChI is InChI=1S/C18H16O4/c1-13(19)22-17-8-3-14(4-9-17)5-12-18(20)15-6-10-16(21-2)11-7-15/h3-12H,1-2H3. The number of carbonyl (C=O) groups excluding carboxylic acids is 2. The van der Waals surface area contributed by atoms with Crippen LogP contribution in [0.2, 0.25) is 0 Å². The Morgan fingerprint density at radius 2 is 1.50 bits per heavy atom. The summed E-state index contributed by atoms with van der Waals surface area (Å²) in [6.45, 7) is 1.35. The summed E-state index contributed by atoms with van der Waals surface area (Å²) >= 11 is 0. The molecule has 0 atom stereocenters. The van der Waals surface area contributed by atoms with Gasteiger partial charge < -0.3 is 9.47 Å². The zero-order valence-electron chi connectivity index (χ0n) is 12.4. The molecule has 0 unspecified atom stereocenters. The summed E-state index contributed by atoms with van der Waals surface area (Å²) in [5.74, 6) is 0.734. The quantitative estimate of drug-likeness (QED) is 0.367. The van der Waals surface area contributed by atoms with Crippen molar-refractivity contribution < 1.29 is 19.1 Å². The lowest BCUT2D eigenvalue weighted by Crippen LogP contribution is -2.00. The number of ketones is 1. The first-order chi connectivity index (χ1) is 10.6. The largest absolute Gasteiger partial charge is 0.497 e. The van der Waals surface area contributed by atoms with Crippen molar-refractivity contribution in [2.45, 2.75) is 6.92 Å². The van der Waals surface area contributed by atoms with Crippen molar-refractivity contribution >= 4 is 17.8 Å². The molecular weight excluding hydrogens is 280 g/mol. The lowest BCUT2D eigenvalue weighted by Gasteiger charge is -2.01. The molecule has 0 aliphatic rings. The van der Waals surface area contributed by atoms with E-state index in [-0.39, 0.29) is 11.8 Å². The van der Waals surface area contributed by atoms with Gasteiger partial charge in [-0.15, -0.1) is 0 Å². The third kappa shape index (κ3) is 4.31.